The van der Waals surface area contributed by atoms with Gasteiger partial charge in [0.05, 0.1) is 12.2 Å². The van der Waals surface area contributed by atoms with Crippen molar-refractivity contribution in [2.75, 3.05) is 13.2 Å². The summed E-state index contributed by atoms with van der Waals surface area (Å²) in [6.07, 6.45) is 3.62. The molecule has 2 heterocycles. The van der Waals surface area contributed by atoms with Gasteiger partial charge in [0, 0.05) is 36.9 Å². The van der Waals surface area contributed by atoms with E-state index >= 15 is 0 Å². The minimum atomic E-state index is -0.386. The van der Waals surface area contributed by atoms with E-state index in [1.54, 1.807) is 25.1 Å². The van der Waals surface area contributed by atoms with E-state index in [-0.39, 0.29) is 23.7 Å². The molecule has 1 amide bonds. The molecule has 1 saturated heterocycles. The maximum absolute atomic E-state index is 13.4. The molecule has 3 rings (SSSR count). The number of amides is 1. The van der Waals surface area contributed by atoms with Crippen LogP contribution in [0.4, 0.5) is 4.39 Å². The SMILES string of the molecule is CCOC(=O)c1cc(-c2ccc(F)cc2)n(CCC(=O)N2CCCCC2C)c1C. The fourth-order valence-corrected chi connectivity index (χ4v) is 4.03. The van der Waals surface area contributed by atoms with Gasteiger partial charge < -0.3 is 14.2 Å². The lowest BCUT2D eigenvalue weighted by Crippen LogP contribution is -2.42. The van der Waals surface area contributed by atoms with Crippen LogP contribution in [0.25, 0.3) is 11.3 Å². The highest BCUT2D eigenvalue weighted by molar-refractivity contribution is 5.92. The fourth-order valence-electron chi connectivity index (χ4n) is 4.03. The number of hydrogen-bond donors (Lipinski definition) is 0. The summed E-state index contributed by atoms with van der Waals surface area (Å²) < 4.78 is 20.5. The molecule has 6 heteroatoms. The number of halogens is 1. The van der Waals surface area contributed by atoms with E-state index in [1.807, 2.05) is 16.4 Å². The number of esters is 1. The number of ether oxygens (including phenoxy) is 1. The highest BCUT2D eigenvalue weighted by Crippen LogP contribution is 2.28. The zero-order chi connectivity index (χ0) is 21.0. The van der Waals surface area contributed by atoms with Gasteiger partial charge in [-0.25, -0.2) is 9.18 Å². The Morgan fingerprint density at radius 1 is 1.21 bits per heavy atom. The van der Waals surface area contributed by atoms with Gasteiger partial charge in [0.2, 0.25) is 5.91 Å². The molecule has 1 aromatic heterocycles. The van der Waals surface area contributed by atoms with Crippen LogP contribution in [0.15, 0.2) is 30.3 Å². The van der Waals surface area contributed by atoms with Gasteiger partial charge in [0.15, 0.2) is 0 Å². The van der Waals surface area contributed by atoms with Gasteiger partial charge in [-0.2, -0.15) is 0 Å². The average molecular weight is 400 g/mol. The largest absolute Gasteiger partial charge is 0.462 e. The predicted molar refractivity (Wildman–Crippen MR) is 110 cm³/mol. The summed E-state index contributed by atoms with van der Waals surface area (Å²) in [5, 5.41) is 0. The summed E-state index contributed by atoms with van der Waals surface area (Å²) in [5.74, 6) is -0.570. The van der Waals surface area contributed by atoms with Crippen molar-refractivity contribution >= 4 is 11.9 Å². The van der Waals surface area contributed by atoms with E-state index in [1.165, 1.54) is 18.6 Å². The third kappa shape index (κ3) is 4.69. The summed E-state index contributed by atoms with van der Waals surface area (Å²) in [7, 11) is 0. The smallest absolute Gasteiger partial charge is 0.339 e. The highest BCUT2D eigenvalue weighted by Gasteiger charge is 2.24. The summed E-state index contributed by atoms with van der Waals surface area (Å²) in [6.45, 7) is 7.28. The quantitative estimate of drug-likeness (QED) is 0.668. The van der Waals surface area contributed by atoms with E-state index in [2.05, 4.69) is 6.92 Å². The first-order valence-electron chi connectivity index (χ1n) is 10.3. The number of piperidine rings is 1. The van der Waals surface area contributed by atoms with Crippen molar-refractivity contribution in [1.29, 1.82) is 0 Å². The molecule has 5 nitrogen and oxygen atoms in total. The second-order valence-corrected chi connectivity index (χ2v) is 7.59. The first kappa shape index (κ1) is 21.1. The topological polar surface area (TPSA) is 51.5 Å². The van der Waals surface area contributed by atoms with Crippen molar-refractivity contribution in [3.63, 3.8) is 0 Å². The third-order valence-electron chi connectivity index (χ3n) is 5.67. The number of aromatic nitrogens is 1. The second kappa shape index (κ2) is 9.25. The van der Waals surface area contributed by atoms with E-state index < -0.39 is 0 Å². The molecule has 0 spiro atoms. The average Bonchev–Trinajstić information content (AvgIpc) is 3.03. The highest BCUT2D eigenvalue weighted by atomic mass is 19.1. The number of rotatable bonds is 6. The molecule has 156 valence electrons. The Labute approximate surface area is 171 Å². The molecule has 0 saturated carbocycles. The number of carbonyl (C=O) groups is 2. The van der Waals surface area contributed by atoms with Gasteiger partial charge in [0.1, 0.15) is 5.82 Å². The molecule has 1 fully saturated rings. The number of benzene rings is 1. The van der Waals surface area contributed by atoms with Crippen molar-refractivity contribution in [1.82, 2.24) is 9.47 Å². The summed E-state index contributed by atoms with van der Waals surface area (Å²) in [6, 6.07) is 8.20. The molecule has 1 atom stereocenters. The Morgan fingerprint density at radius 3 is 2.59 bits per heavy atom. The molecule has 1 aromatic carbocycles. The van der Waals surface area contributed by atoms with Gasteiger partial charge in [-0.15, -0.1) is 0 Å². The van der Waals surface area contributed by atoms with Crippen molar-refractivity contribution in [2.24, 2.45) is 0 Å². The van der Waals surface area contributed by atoms with Crippen LogP contribution in [0.2, 0.25) is 0 Å². The summed E-state index contributed by atoms with van der Waals surface area (Å²) in [4.78, 5) is 27.1. The Morgan fingerprint density at radius 2 is 1.93 bits per heavy atom. The van der Waals surface area contributed by atoms with E-state index in [0.717, 1.165) is 36.3 Å². The van der Waals surface area contributed by atoms with E-state index in [4.69, 9.17) is 4.74 Å². The van der Waals surface area contributed by atoms with Crippen molar-refractivity contribution < 1.29 is 18.7 Å². The van der Waals surface area contributed by atoms with Gasteiger partial charge in [0.25, 0.3) is 0 Å². The third-order valence-corrected chi connectivity index (χ3v) is 5.67. The zero-order valence-corrected chi connectivity index (χ0v) is 17.4. The Hall–Kier alpha value is -2.63. The number of nitrogens with zero attached hydrogens (tertiary/aromatic N) is 2. The standard InChI is InChI=1S/C23H29FN2O3/c1-4-29-23(28)20-15-21(18-8-10-19(24)11-9-18)26(17(20)3)14-12-22(27)25-13-6-5-7-16(25)2/h8-11,15-16H,4-7,12-14H2,1-3H3. The van der Waals surface area contributed by atoms with Gasteiger partial charge in [-0.1, -0.05) is 0 Å². The molecular weight excluding hydrogens is 371 g/mol. The van der Waals surface area contributed by atoms with E-state index in [9.17, 15) is 14.0 Å². The van der Waals surface area contributed by atoms with Crippen LogP contribution in [0.1, 0.15) is 55.6 Å². The van der Waals surface area contributed by atoms with Crippen LogP contribution in [0.5, 0.6) is 0 Å². The van der Waals surface area contributed by atoms with Gasteiger partial charge in [-0.3, -0.25) is 4.79 Å². The molecular formula is C23H29FN2O3. The Kier molecular flexibility index (Phi) is 6.72. The minimum absolute atomic E-state index is 0.132. The van der Waals surface area contributed by atoms with Crippen molar-refractivity contribution in [3.8, 4) is 11.3 Å². The minimum Gasteiger partial charge on any atom is -0.462 e. The lowest BCUT2D eigenvalue weighted by atomic mass is 10.0. The first-order valence-corrected chi connectivity index (χ1v) is 10.3. The molecule has 2 aromatic rings. The number of likely N-dealkylation sites (tertiary alicyclic amines) is 1. The van der Waals surface area contributed by atoms with Gasteiger partial charge in [-0.05, 0) is 75.9 Å². The molecule has 0 bridgehead atoms. The van der Waals surface area contributed by atoms with E-state index in [0.29, 0.717) is 25.1 Å². The van der Waals surface area contributed by atoms with Crippen LogP contribution in [-0.2, 0) is 16.1 Å². The van der Waals surface area contributed by atoms with Crippen LogP contribution < -0.4 is 0 Å². The fraction of sp³-hybridized carbons (Fsp3) is 0.478. The lowest BCUT2D eigenvalue weighted by molar-refractivity contribution is -0.134. The molecule has 0 radical (unpaired) electrons. The first-order chi connectivity index (χ1) is 13.9. The molecule has 1 aliphatic heterocycles. The summed E-state index contributed by atoms with van der Waals surface area (Å²) >= 11 is 0. The lowest BCUT2D eigenvalue weighted by Gasteiger charge is -2.33. The van der Waals surface area contributed by atoms with Crippen LogP contribution in [-0.4, -0.2) is 40.5 Å². The monoisotopic (exact) mass is 400 g/mol. The molecule has 0 aliphatic carbocycles. The Balaban J connectivity index is 1.88. The maximum Gasteiger partial charge on any atom is 0.339 e. The van der Waals surface area contributed by atoms with Gasteiger partial charge >= 0.3 is 5.97 Å². The number of carbonyl (C=O) groups excluding carboxylic acids is 2. The van der Waals surface area contributed by atoms with Crippen molar-refractivity contribution in [2.45, 2.75) is 59.0 Å². The molecule has 0 N–H and O–H groups in total. The molecule has 1 unspecified atom stereocenters. The van der Waals surface area contributed by atoms with Crippen LogP contribution in [0.3, 0.4) is 0 Å². The van der Waals surface area contributed by atoms with Crippen LogP contribution >= 0.6 is 0 Å². The van der Waals surface area contributed by atoms with Crippen molar-refractivity contribution in [3.05, 3.63) is 47.4 Å². The predicted octanol–water partition coefficient (Wildman–Crippen LogP) is 4.57. The normalized spacial score (nSPS) is 16.7. The number of hydrogen-bond acceptors (Lipinski definition) is 3. The summed E-state index contributed by atoms with van der Waals surface area (Å²) in [5.41, 5.74) is 2.81. The second-order valence-electron chi connectivity index (χ2n) is 7.59. The zero-order valence-electron chi connectivity index (χ0n) is 17.4. The molecule has 29 heavy (non-hydrogen) atoms. The maximum atomic E-state index is 13.4. The molecule has 1 aliphatic rings. The Bertz CT molecular complexity index is 873. The van der Waals surface area contributed by atoms with Crippen LogP contribution in [0, 0.1) is 12.7 Å².